The third-order valence-electron chi connectivity index (χ3n) is 2.47. The number of hydrogen-bond donors (Lipinski definition) is 3. The van der Waals surface area contributed by atoms with Crippen LogP contribution in [0, 0.1) is 0 Å². The van der Waals surface area contributed by atoms with Crippen LogP contribution in [0.15, 0.2) is 10.4 Å². The van der Waals surface area contributed by atoms with Crippen LogP contribution in [0.3, 0.4) is 0 Å². The molecule has 0 aromatic rings. The van der Waals surface area contributed by atoms with Gasteiger partial charge in [0.25, 0.3) is 0 Å². The van der Waals surface area contributed by atoms with Crippen LogP contribution in [-0.4, -0.2) is 48.9 Å². The first-order valence-electron chi connectivity index (χ1n) is 6.29. The highest BCUT2D eigenvalue weighted by Gasteiger charge is 2.14. The Bertz CT molecular complexity index is 230. The van der Waals surface area contributed by atoms with Crippen LogP contribution in [0.1, 0.15) is 13.8 Å². The zero-order valence-corrected chi connectivity index (χ0v) is 12.4. The van der Waals surface area contributed by atoms with E-state index >= 15 is 0 Å². The molecule has 0 aliphatic carbocycles. The third-order valence-corrected chi connectivity index (χ3v) is 4.64. The molecule has 2 heterocycles. The molecule has 2 rings (SSSR count). The predicted octanol–water partition coefficient (Wildman–Crippen LogP) is 1.03. The number of rotatable bonds is 4. The molecule has 0 radical (unpaired) electrons. The Morgan fingerprint density at radius 2 is 2.18 bits per heavy atom. The summed E-state index contributed by atoms with van der Waals surface area (Å²) < 4.78 is 1.32. The zero-order valence-electron chi connectivity index (χ0n) is 10.7. The third kappa shape index (κ3) is 6.01. The van der Waals surface area contributed by atoms with Gasteiger partial charge in [-0.3, -0.25) is 4.90 Å². The van der Waals surface area contributed by atoms with Gasteiger partial charge in [-0.25, -0.2) is 0 Å². The van der Waals surface area contributed by atoms with Crippen molar-refractivity contribution in [1.82, 2.24) is 15.5 Å². The van der Waals surface area contributed by atoms with Gasteiger partial charge in [-0.2, -0.15) is 0 Å². The molecule has 6 heteroatoms. The van der Waals surface area contributed by atoms with Crippen LogP contribution < -0.4 is 16.4 Å². The van der Waals surface area contributed by atoms with E-state index in [1.165, 1.54) is 23.9 Å². The quantitative estimate of drug-likeness (QED) is 0.713. The van der Waals surface area contributed by atoms with Crippen LogP contribution in [0.2, 0.25) is 0 Å². The standard InChI is InChI=1S/C9H18N4S2.C2H6/c10-9-12-7-8(15-9)14-6-5-13-3-1-11-2-4-13;1-2/h7,9,11-12H,1-6,10H2;1-2H3. The van der Waals surface area contributed by atoms with Crippen molar-refractivity contribution < 1.29 is 0 Å². The van der Waals surface area contributed by atoms with Crippen molar-refractivity contribution in [2.45, 2.75) is 19.3 Å². The summed E-state index contributed by atoms with van der Waals surface area (Å²) in [7, 11) is 0. The first-order valence-corrected chi connectivity index (χ1v) is 8.15. The second-order valence-electron chi connectivity index (χ2n) is 3.61. The van der Waals surface area contributed by atoms with Gasteiger partial charge in [0.2, 0.25) is 0 Å². The fourth-order valence-electron chi connectivity index (χ4n) is 1.63. The van der Waals surface area contributed by atoms with Crippen molar-refractivity contribution in [3.63, 3.8) is 0 Å². The maximum Gasteiger partial charge on any atom is 0.127 e. The highest BCUT2D eigenvalue weighted by Crippen LogP contribution is 2.32. The van der Waals surface area contributed by atoms with Gasteiger partial charge in [-0.05, 0) is 0 Å². The van der Waals surface area contributed by atoms with Crippen molar-refractivity contribution in [3.05, 3.63) is 10.4 Å². The minimum absolute atomic E-state index is 0.0617. The van der Waals surface area contributed by atoms with Gasteiger partial charge in [-0.1, -0.05) is 25.6 Å². The van der Waals surface area contributed by atoms with Crippen molar-refractivity contribution in [3.8, 4) is 0 Å². The molecule has 0 aromatic carbocycles. The molecule has 1 atom stereocenters. The molecule has 0 aromatic heterocycles. The van der Waals surface area contributed by atoms with E-state index in [-0.39, 0.29) is 5.50 Å². The van der Waals surface area contributed by atoms with E-state index in [0.29, 0.717) is 0 Å². The van der Waals surface area contributed by atoms with Crippen LogP contribution in [0.4, 0.5) is 0 Å². The topological polar surface area (TPSA) is 53.3 Å². The van der Waals surface area contributed by atoms with Gasteiger partial charge in [0, 0.05) is 44.7 Å². The summed E-state index contributed by atoms with van der Waals surface area (Å²) >= 11 is 3.61. The first-order chi connectivity index (χ1) is 8.34. The largest absolute Gasteiger partial charge is 0.366 e. The lowest BCUT2D eigenvalue weighted by Crippen LogP contribution is -2.44. The number of nitrogens with two attached hydrogens (primary N) is 1. The average Bonchev–Trinajstić information content (AvgIpc) is 2.79. The summed E-state index contributed by atoms with van der Waals surface area (Å²) in [4.78, 5) is 2.51. The van der Waals surface area contributed by atoms with Crippen molar-refractivity contribution in [1.29, 1.82) is 0 Å². The number of nitrogens with one attached hydrogen (secondary N) is 2. The molecular weight excluding hydrogens is 252 g/mol. The summed E-state index contributed by atoms with van der Waals surface area (Å²) in [6.45, 7) is 9.82. The van der Waals surface area contributed by atoms with Crippen LogP contribution in [-0.2, 0) is 0 Å². The summed E-state index contributed by atoms with van der Waals surface area (Å²) in [5.74, 6) is 1.16. The molecule has 1 saturated heterocycles. The van der Waals surface area contributed by atoms with Gasteiger partial charge in [0.1, 0.15) is 5.50 Å². The molecule has 0 amide bonds. The summed E-state index contributed by atoms with van der Waals surface area (Å²) in [6, 6.07) is 0. The summed E-state index contributed by atoms with van der Waals surface area (Å²) in [6.07, 6.45) is 2.03. The van der Waals surface area contributed by atoms with E-state index in [2.05, 4.69) is 15.5 Å². The smallest absolute Gasteiger partial charge is 0.127 e. The normalized spacial score (nSPS) is 24.6. The number of thioether (sulfide) groups is 2. The molecule has 2 aliphatic heterocycles. The highest BCUT2D eigenvalue weighted by molar-refractivity contribution is 8.22. The molecule has 4 N–H and O–H groups in total. The molecule has 17 heavy (non-hydrogen) atoms. The second-order valence-corrected chi connectivity index (χ2v) is 6.19. The number of nitrogens with zero attached hydrogens (tertiary/aromatic N) is 1. The van der Waals surface area contributed by atoms with E-state index in [1.807, 2.05) is 31.8 Å². The highest BCUT2D eigenvalue weighted by atomic mass is 32.2. The lowest BCUT2D eigenvalue weighted by Gasteiger charge is -2.26. The first kappa shape index (κ1) is 15.2. The van der Waals surface area contributed by atoms with Crippen LogP contribution in [0.5, 0.6) is 0 Å². The molecule has 2 aliphatic rings. The Morgan fingerprint density at radius 3 is 2.76 bits per heavy atom. The monoisotopic (exact) mass is 276 g/mol. The fraction of sp³-hybridized carbons (Fsp3) is 0.818. The Balaban J connectivity index is 0.000000686. The Labute approximate surface area is 113 Å². The summed E-state index contributed by atoms with van der Waals surface area (Å²) in [5.41, 5.74) is 5.77. The molecule has 4 nitrogen and oxygen atoms in total. The predicted molar refractivity (Wildman–Crippen MR) is 79.9 cm³/mol. The molecule has 0 bridgehead atoms. The number of hydrogen-bond acceptors (Lipinski definition) is 6. The lowest BCUT2D eigenvalue weighted by atomic mass is 10.4. The molecule has 1 fully saturated rings. The molecule has 1 unspecified atom stereocenters. The van der Waals surface area contributed by atoms with Crippen LogP contribution in [0.25, 0.3) is 0 Å². The Kier molecular flexibility index (Phi) is 8.13. The van der Waals surface area contributed by atoms with Crippen molar-refractivity contribution >= 4 is 23.5 Å². The SMILES string of the molecule is CC.NC1NC=C(SCCN2CCNCC2)S1. The fourth-order valence-corrected chi connectivity index (χ4v) is 3.69. The Morgan fingerprint density at radius 1 is 1.47 bits per heavy atom. The lowest BCUT2D eigenvalue weighted by molar-refractivity contribution is 0.255. The zero-order chi connectivity index (χ0) is 12.5. The van der Waals surface area contributed by atoms with E-state index in [1.54, 1.807) is 11.8 Å². The van der Waals surface area contributed by atoms with Gasteiger partial charge < -0.3 is 16.4 Å². The van der Waals surface area contributed by atoms with Gasteiger partial charge in [-0.15, -0.1) is 11.8 Å². The van der Waals surface area contributed by atoms with Crippen molar-refractivity contribution in [2.75, 3.05) is 38.5 Å². The molecule has 0 saturated carbocycles. The van der Waals surface area contributed by atoms with E-state index in [9.17, 15) is 0 Å². The van der Waals surface area contributed by atoms with Crippen molar-refractivity contribution in [2.24, 2.45) is 5.73 Å². The Hall–Kier alpha value is 0.120. The minimum Gasteiger partial charge on any atom is -0.366 e. The maximum atomic E-state index is 5.71. The van der Waals surface area contributed by atoms with E-state index in [0.717, 1.165) is 18.8 Å². The number of piperazine rings is 1. The van der Waals surface area contributed by atoms with Gasteiger partial charge in [0.15, 0.2) is 0 Å². The van der Waals surface area contributed by atoms with Gasteiger partial charge >= 0.3 is 0 Å². The van der Waals surface area contributed by atoms with E-state index < -0.39 is 0 Å². The van der Waals surface area contributed by atoms with Gasteiger partial charge in [0.05, 0.1) is 4.24 Å². The minimum atomic E-state index is 0.0617. The molecular formula is C11H24N4S2. The van der Waals surface area contributed by atoms with E-state index in [4.69, 9.17) is 5.73 Å². The molecule has 100 valence electrons. The summed E-state index contributed by atoms with van der Waals surface area (Å²) in [5, 5.41) is 6.45. The maximum absolute atomic E-state index is 5.71. The average molecular weight is 276 g/mol. The van der Waals surface area contributed by atoms with Crippen LogP contribution >= 0.6 is 23.5 Å². The second kappa shape index (κ2) is 9.10. The molecule has 0 spiro atoms.